The summed E-state index contributed by atoms with van der Waals surface area (Å²) in [5, 5.41) is 10.6. The van der Waals surface area contributed by atoms with Gasteiger partial charge in [-0.3, -0.25) is 0 Å². The largest absolute Gasteiger partial charge is 0.382 e. The van der Waals surface area contributed by atoms with Crippen molar-refractivity contribution < 1.29 is 0 Å². The Kier molecular flexibility index (Phi) is 2.12. The Balaban J connectivity index is 2.41. The lowest BCUT2D eigenvalue weighted by Crippen LogP contribution is -1.93. The highest BCUT2D eigenvalue weighted by atomic mass is 35.5. The van der Waals surface area contributed by atoms with Crippen LogP contribution in [0.1, 0.15) is 0 Å². The van der Waals surface area contributed by atoms with Gasteiger partial charge in [-0.1, -0.05) is 11.6 Å². The first-order valence-corrected chi connectivity index (χ1v) is 4.72. The summed E-state index contributed by atoms with van der Waals surface area (Å²) in [4.78, 5) is 4.05. The van der Waals surface area contributed by atoms with Crippen molar-refractivity contribution in [2.75, 3.05) is 5.73 Å². The Hall–Kier alpha value is -1.20. The van der Waals surface area contributed by atoms with E-state index in [-0.39, 0.29) is 0 Å². The van der Waals surface area contributed by atoms with Crippen molar-refractivity contribution in [3.05, 3.63) is 22.7 Å². The van der Waals surface area contributed by atoms with Crippen LogP contribution < -0.4 is 5.73 Å². The van der Waals surface area contributed by atoms with Crippen LogP contribution in [0.3, 0.4) is 0 Å². The number of hydrogen-bond donors (Lipinski definition) is 1. The van der Waals surface area contributed by atoms with E-state index < -0.39 is 0 Å². The average molecular weight is 213 g/mol. The number of aromatic nitrogens is 3. The zero-order valence-electron chi connectivity index (χ0n) is 6.44. The normalized spacial score (nSPS) is 10.2. The minimum Gasteiger partial charge on any atom is -0.382 e. The predicted octanol–water partition coefficient (Wildman–Crippen LogP) is 1.84. The SMILES string of the molecule is Nc1ccc(-c2nc(Cl)cs2)nn1. The summed E-state index contributed by atoms with van der Waals surface area (Å²) in [5.41, 5.74) is 6.08. The second-order valence-corrected chi connectivity index (χ2v) is 3.56. The molecule has 2 N–H and O–H groups in total. The molecule has 0 aliphatic heterocycles. The number of anilines is 1. The van der Waals surface area contributed by atoms with E-state index in [9.17, 15) is 0 Å². The number of rotatable bonds is 1. The van der Waals surface area contributed by atoms with Gasteiger partial charge in [-0.15, -0.1) is 21.5 Å². The summed E-state index contributed by atoms with van der Waals surface area (Å²) >= 11 is 7.09. The summed E-state index contributed by atoms with van der Waals surface area (Å²) in [6.07, 6.45) is 0. The molecule has 0 aliphatic rings. The Bertz CT molecular complexity index is 411. The zero-order chi connectivity index (χ0) is 9.26. The topological polar surface area (TPSA) is 64.7 Å². The maximum atomic E-state index is 5.67. The van der Waals surface area contributed by atoms with Gasteiger partial charge in [0.05, 0.1) is 0 Å². The molecule has 2 aromatic heterocycles. The van der Waals surface area contributed by atoms with Gasteiger partial charge < -0.3 is 5.73 Å². The molecule has 0 amide bonds. The highest BCUT2D eigenvalue weighted by Gasteiger charge is 2.04. The molecule has 2 aromatic rings. The van der Waals surface area contributed by atoms with Crippen LogP contribution in [-0.2, 0) is 0 Å². The summed E-state index contributed by atoms with van der Waals surface area (Å²) < 4.78 is 0. The fourth-order valence-corrected chi connectivity index (χ4v) is 1.74. The Labute approximate surface area is 83.4 Å². The van der Waals surface area contributed by atoms with Crippen molar-refractivity contribution in [3.8, 4) is 10.7 Å². The van der Waals surface area contributed by atoms with Gasteiger partial charge in [-0.2, -0.15) is 0 Å². The molecular weight excluding hydrogens is 208 g/mol. The Morgan fingerprint density at radius 2 is 2.15 bits per heavy atom. The van der Waals surface area contributed by atoms with Gasteiger partial charge in [0, 0.05) is 5.38 Å². The summed E-state index contributed by atoms with van der Waals surface area (Å²) in [6.45, 7) is 0. The van der Waals surface area contributed by atoms with Gasteiger partial charge in [-0.25, -0.2) is 4.98 Å². The summed E-state index contributed by atoms with van der Waals surface area (Å²) in [7, 11) is 0. The quantitative estimate of drug-likeness (QED) is 0.784. The number of thiazole rings is 1. The molecule has 0 radical (unpaired) electrons. The number of nitrogens with two attached hydrogens (primary N) is 1. The molecule has 0 bridgehead atoms. The minimum atomic E-state index is 0.395. The van der Waals surface area contributed by atoms with Crippen molar-refractivity contribution in [3.63, 3.8) is 0 Å². The van der Waals surface area contributed by atoms with E-state index >= 15 is 0 Å². The molecule has 13 heavy (non-hydrogen) atoms. The smallest absolute Gasteiger partial charge is 0.146 e. The van der Waals surface area contributed by atoms with Crippen LogP contribution in [0, 0.1) is 0 Å². The molecule has 0 atom stereocenters. The second-order valence-electron chi connectivity index (χ2n) is 2.32. The van der Waals surface area contributed by atoms with Gasteiger partial charge >= 0.3 is 0 Å². The standard InChI is InChI=1S/C7H5ClN4S/c8-5-3-13-7(10-5)4-1-2-6(9)12-11-4/h1-3H,(H2,9,12). The van der Waals surface area contributed by atoms with Crippen LogP contribution in [-0.4, -0.2) is 15.2 Å². The molecular formula is C7H5ClN4S. The molecule has 0 fully saturated rings. The molecule has 0 unspecified atom stereocenters. The lowest BCUT2D eigenvalue weighted by Gasteiger charge is -1.93. The second kappa shape index (κ2) is 3.27. The summed E-state index contributed by atoms with van der Waals surface area (Å²) in [6, 6.07) is 3.44. The van der Waals surface area contributed by atoms with Crippen LogP contribution in [0.25, 0.3) is 10.7 Å². The lowest BCUT2D eigenvalue weighted by molar-refractivity contribution is 1.05. The first kappa shape index (κ1) is 8.40. The Morgan fingerprint density at radius 3 is 2.69 bits per heavy atom. The highest BCUT2D eigenvalue weighted by molar-refractivity contribution is 7.13. The third-order valence-corrected chi connectivity index (χ3v) is 2.57. The van der Waals surface area contributed by atoms with Gasteiger partial charge in [0.1, 0.15) is 21.7 Å². The van der Waals surface area contributed by atoms with Crippen LogP contribution in [0.4, 0.5) is 5.82 Å². The summed E-state index contributed by atoms with van der Waals surface area (Å²) in [5.74, 6) is 0.395. The van der Waals surface area contributed by atoms with Gasteiger partial charge in [0.2, 0.25) is 0 Å². The number of halogens is 1. The third kappa shape index (κ3) is 1.76. The molecule has 0 saturated heterocycles. The first-order valence-electron chi connectivity index (χ1n) is 3.46. The van der Waals surface area contributed by atoms with E-state index in [2.05, 4.69) is 15.2 Å². The molecule has 0 aliphatic carbocycles. The monoisotopic (exact) mass is 212 g/mol. The van der Waals surface area contributed by atoms with Crippen molar-refractivity contribution >= 4 is 28.8 Å². The molecule has 0 saturated carbocycles. The highest BCUT2D eigenvalue weighted by Crippen LogP contribution is 2.23. The van der Waals surface area contributed by atoms with E-state index in [1.165, 1.54) is 11.3 Å². The predicted molar refractivity (Wildman–Crippen MR) is 52.6 cm³/mol. The molecule has 2 rings (SSSR count). The van der Waals surface area contributed by atoms with E-state index in [0.29, 0.717) is 16.7 Å². The van der Waals surface area contributed by atoms with E-state index in [1.54, 1.807) is 17.5 Å². The van der Waals surface area contributed by atoms with Crippen LogP contribution >= 0.6 is 22.9 Å². The van der Waals surface area contributed by atoms with Crippen LogP contribution in [0.2, 0.25) is 5.15 Å². The lowest BCUT2D eigenvalue weighted by atomic mass is 10.4. The fourth-order valence-electron chi connectivity index (χ4n) is 0.828. The molecule has 6 heteroatoms. The number of hydrogen-bond acceptors (Lipinski definition) is 5. The number of nitrogens with zero attached hydrogens (tertiary/aromatic N) is 3. The van der Waals surface area contributed by atoms with E-state index in [0.717, 1.165) is 5.01 Å². The van der Waals surface area contributed by atoms with E-state index in [1.807, 2.05) is 0 Å². The first-order chi connectivity index (χ1) is 6.25. The third-order valence-electron chi connectivity index (χ3n) is 1.38. The molecule has 66 valence electrons. The Morgan fingerprint density at radius 1 is 1.31 bits per heavy atom. The molecule has 0 spiro atoms. The zero-order valence-corrected chi connectivity index (χ0v) is 8.01. The molecule has 4 nitrogen and oxygen atoms in total. The van der Waals surface area contributed by atoms with E-state index in [4.69, 9.17) is 17.3 Å². The average Bonchev–Trinajstić information content (AvgIpc) is 2.53. The maximum Gasteiger partial charge on any atom is 0.146 e. The maximum absolute atomic E-state index is 5.67. The number of nitrogen functional groups attached to an aromatic ring is 1. The van der Waals surface area contributed by atoms with Gasteiger partial charge in [-0.05, 0) is 12.1 Å². The van der Waals surface area contributed by atoms with Crippen molar-refractivity contribution in [2.45, 2.75) is 0 Å². The van der Waals surface area contributed by atoms with Crippen molar-refractivity contribution in [1.29, 1.82) is 0 Å². The van der Waals surface area contributed by atoms with Crippen molar-refractivity contribution in [2.24, 2.45) is 0 Å². The van der Waals surface area contributed by atoms with Gasteiger partial charge in [0.15, 0.2) is 0 Å². The van der Waals surface area contributed by atoms with Crippen LogP contribution in [0.15, 0.2) is 17.5 Å². The van der Waals surface area contributed by atoms with Crippen LogP contribution in [0.5, 0.6) is 0 Å². The van der Waals surface area contributed by atoms with Crippen molar-refractivity contribution in [1.82, 2.24) is 15.2 Å². The molecule has 2 heterocycles. The van der Waals surface area contributed by atoms with Gasteiger partial charge in [0.25, 0.3) is 0 Å². The fraction of sp³-hybridized carbons (Fsp3) is 0. The minimum absolute atomic E-state index is 0.395. The molecule has 0 aromatic carbocycles.